The minimum absolute atomic E-state index is 0.911. The molecule has 0 spiro atoms. The van der Waals surface area contributed by atoms with Gasteiger partial charge >= 0.3 is 0 Å². The number of nitrogens with one attached hydrogen (secondary N) is 1. The molecule has 1 atom stereocenters. The smallest absolute Gasteiger partial charge is 0.167 e. The molecule has 4 rings (SSSR count). The van der Waals surface area contributed by atoms with Crippen molar-refractivity contribution >= 4 is 27.2 Å². The minimum Gasteiger partial charge on any atom is -0.333 e. The first-order valence-electron chi connectivity index (χ1n) is 6.16. The number of likely N-dealkylation sites (N-methyl/N-ethyl adjacent to an activating group) is 1. The molecular formula is C12H14N5S+. The Morgan fingerprint density at radius 2 is 2.33 bits per heavy atom. The van der Waals surface area contributed by atoms with E-state index in [4.69, 9.17) is 0 Å². The number of hydrogen-bond acceptors (Lipinski definition) is 4. The van der Waals surface area contributed by atoms with Gasteiger partial charge in [0.05, 0.1) is 23.9 Å². The van der Waals surface area contributed by atoms with E-state index in [1.807, 2.05) is 22.8 Å². The first kappa shape index (κ1) is 10.4. The van der Waals surface area contributed by atoms with Crippen LogP contribution in [0.25, 0.3) is 15.9 Å². The van der Waals surface area contributed by atoms with Gasteiger partial charge in [0.2, 0.25) is 0 Å². The number of hydrogen-bond donors (Lipinski definition) is 1. The number of fused-ring (bicyclic) bond motifs is 5. The normalized spacial score (nSPS) is 19.6. The van der Waals surface area contributed by atoms with Crippen molar-refractivity contribution < 1.29 is 4.90 Å². The van der Waals surface area contributed by atoms with Crippen molar-refractivity contribution in [3.63, 3.8) is 0 Å². The van der Waals surface area contributed by atoms with E-state index in [-0.39, 0.29) is 0 Å². The van der Waals surface area contributed by atoms with Gasteiger partial charge in [0.1, 0.15) is 23.5 Å². The van der Waals surface area contributed by atoms with E-state index in [9.17, 15) is 0 Å². The number of quaternary nitrogens is 1. The van der Waals surface area contributed by atoms with Gasteiger partial charge in [0.25, 0.3) is 0 Å². The van der Waals surface area contributed by atoms with Crippen LogP contribution in [0.1, 0.15) is 16.3 Å². The molecule has 4 heterocycles. The molecule has 0 radical (unpaired) electrons. The average molecular weight is 260 g/mol. The molecule has 1 aliphatic rings. The van der Waals surface area contributed by atoms with Gasteiger partial charge in [-0.2, -0.15) is 9.61 Å². The number of aryl methyl sites for hydroxylation is 1. The molecule has 5 nitrogen and oxygen atoms in total. The van der Waals surface area contributed by atoms with E-state index in [0.29, 0.717) is 0 Å². The Bertz CT molecular complexity index is 757. The third-order valence-electron chi connectivity index (χ3n) is 3.68. The molecule has 0 aromatic carbocycles. The fourth-order valence-corrected chi connectivity index (χ4v) is 4.13. The second-order valence-corrected chi connectivity index (χ2v) is 6.06. The van der Waals surface area contributed by atoms with Gasteiger partial charge in [-0.25, -0.2) is 9.97 Å². The SMILES string of the molecule is Cc1nc2sc3c(c2c2ncnn12)CC[NH+](C)C3. The molecule has 0 amide bonds. The van der Waals surface area contributed by atoms with E-state index in [0.717, 1.165) is 29.3 Å². The van der Waals surface area contributed by atoms with Crippen molar-refractivity contribution in [1.29, 1.82) is 0 Å². The van der Waals surface area contributed by atoms with Crippen molar-refractivity contribution in [2.75, 3.05) is 13.6 Å². The van der Waals surface area contributed by atoms with Crippen LogP contribution in [0.5, 0.6) is 0 Å². The molecule has 3 aromatic rings. The van der Waals surface area contributed by atoms with Crippen molar-refractivity contribution in [1.82, 2.24) is 19.6 Å². The van der Waals surface area contributed by atoms with Gasteiger partial charge in [-0.15, -0.1) is 11.3 Å². The lowest BCUT2D eigenvalue weighted by molar-refractivity contribution is -0.895. The maximum Gasteiger partial charge on any atom is 0.167 e. The predicted molar refractivity (Wildman–Crippen MR) is 70.1 cm³/mol. The molecule has 0 bridgehead atoms. The van der Waals surface area contributed by atoms with Gasteiger partial charge in [-0.1, -0.05) is 0 Å². The van der Waals surface area contributed by atoms with Crippen molar-refractivity contribution in [3.05, 3.63) is 22.6 Å². The molecule has 0 fully saturated rings. The Kier molecular flexibility index (Phi) is 2.02. The Hall–Kier alpha value is -1.53. The van der Waals surface area contributed by atoms with Crippen LogP contribution < -0.4 is 4.90 Å². The number of rotatable bonds is 0. The van der Waals surface area contributed by atoms with E-state index < -0.39 is 0 Å². The molecule has 1 aliphatic heterocycles. The van der Waals surface area contributed by atoms with Gasteiger partial charge < -0.3 is 4.90 Å². The zero-order valence-corrected chi connectivity index (χ0v) is 11.2. The van der Waals surface area contributed by atoms with E-state index >= 15 is 0 Å². The number of aromatic nitrogens is 4. The molecule has 92 valence electrons. The summed E-state index contributed by atoms with van der Waals surface area (Å²) in [4.78, 5) is 13.3. The fourth-order valence-electron chi connectivity index (χ4n) is 2.76. The largest absolute Gasteiger partial charge is 0.333 e. The molecule has 18 heavy (non-hydrogen) atoms. The van der Waals surface area contributed by atoms with Crippen molar-refractivity contribution in [2.24, 2.45) is 0 Å². The summed E-state index contributed by atoms with van der Waals surface area (Å²) in [7, 11) is 2.25. The predicted octanol–water partition coefficient (Wildman–Crippen LogP) is 0.218. The van der Waals surface area contributed by atoms with Crippen LogP contribution in [0, 0.1) is 6.92 Å². The molecule has 1 unspecified atom stereocenters. The summed E-state index contributed by atoms with van der Waals surface area (Å²) in [5.74, 6) is 0.911. The molecule has 3 aromatic heterocycles. The maximum atomic E-state index is 4.68. The number of nitrogens with zero attached hydrogens (tertiary/aromatic N) is 4. The standard InChI is InChI=1S/C12H13N5S/c1-7-15-12-10(11-13-6-14-17(7)11)8-3-4-16(2)5-9(8)18-12/h6H,3-5H2,1-2H3/p+1. The molecule has 6 heteroatoms. The molecule has 0 aliphatic carbocycles. The van der Waals surface area contributed by atoms with E-state index in [1.54, 1.807) is 11.2 Å². The molecular weight excluding hydrogens is 246 g/mol. The van der Waals surface area contributed by atoms with Gasteiger partial charge in [-0.05, 0) is 12.5 Å². The van der Waals surface area contributed by atoms with Crippen LogP contribution >= 0.6 is 11.3 Å². The summed E-state index contributed by atoms with van der Waals surface area (Å²) in [5, 5.41) is 5.48. The number of thiophene rings is 1. The average Bonchev–Trinajstić information content (AvgIpc) is 2.91. The minimum atomic E-state index is 0.911. The zero-order chi connectivity index (χ0) is 12.3. The Morgan fingerprint density at radius 1 is 1.44 bits per heavy atom. The highest BCUT2D eigenvalue weighted by Gasteiger charge is 2.24. The third kappa shape index (κ3) is 1.27. The summed E-state index contributed by atoms with van der Waals surface area (Å²) in [6, 6.07) is 0. The Labute approximate surface area is 108 Å². The second-order valence-electron chi connectivity index (χ2n) is 4.97. The van der Waals surface area contributed by atoms with Crippen LogP contribution in [0.2, 0.25) is 0 Å². The van der Waals surface area contributed by atoms with Crippen LogP contribution in [-0.4, -0.2) is 33.2 Å². The Morgan fingerprint density at radius 3 is 3.22 bits per heavy atom. The van der Waals surface area contributed by atoms with Gasteiger partial charge in [0, 0.05) is 6.42 Å². The summed E-state index contributed by atoms with van der Waals surface area (Å²) in [6.45, 7) is 4.28. The Balaban J connectivity index is 2.14. The van der Waals surface area contributed by atoms with E-state index in [2.05, 4.69) is 22.1 Å². The lowest BCUT2D eigenvalue weighted by Crippen LogP contribution is -3.08. The lowest BCUT2D eigenvalue weighted by atomic mass is 10.1. The monoisotopic (exact) mass is 260 g/mol. The highest BCUT2D eigenvalue weighted by molar-refractivity contribution is 7.19. The van der Waals surface area contributed by atoms with Crippen LogP contribution in [0.15, 0.2) is 6.33 Å². The lowest BCUT2D eigenvalue weighted by Gasteiger charge is -2.19. The van der Waals surface area contributed by atoms with Crippen LogP contribution in [-0.2, 0) is 13.0 Å². The molecule has 0 saturated carbocycles. The quantitative estimate of drug-likeness (QED) is 0.629. The molecule has 1 N–H and O–H groups in total. The van der Waals surface area contributed by atoms with Crippen LogP contribution in [0.4, 0.5) is 0 Å². The van der Waals surface area contributed by atoms with Crippen molar-refractivity contribution in [2.45, 2.75) is 19.9 Å². The highest BCUT2D eigenvalue weighted by Crippen LogP contribution is 2.33. The van der Waals surface area contributed by atoms with Gasteiger partial charge in [-0.3, -0.25) is 0 Å². The first-order chi connectivity index (χ1) is 8.74. The summed E-state index contributed by atoms with van der Waals surface area (Å²) in [5.41, 5.74) is 2.42. The summed E-state index contributed by atoms with van der Waals surface area (Å²) < 4.78 is 1.85. The van der Waals surface area contributed by atoms with Crippen molar-refractivity contribution in [3.8, 4) is 0 Å². The summed E-state index contributed by atoms with van der Waals surface area (Å²) in [6.07, 6.45) is 2.74. The highest BCUT2D eigenvalue weighted by atomic mass is 32.1. The zero-order valence-electron chi connectivity index (χ0n) is 10.4. The fraction of sp³-hybridized carbons (Fsp3) is 0.417. The van der Waals surface area contributed by atoms with Crippen LogP contribution in [0.3, 0.4) is 0 Å². The topological polar surface area (TPSA) is 47.5 Å². The second kappa shape index (κ2) is 3.49. The summed E-state index contributed by atoms with van der Waals surface area (Å²) >= 11 is 1.82. The first-order valence-corrected chi connectivity index (χ1v) is 6.97. The van der Waals surface area contributed by atoms with Gasteiger partial charge in [0.15, 0.2) is 5.65 Å². The maximum absolute atomic E-state index is 4.68. The van der Waals surface area contributed by atoms with E-state index in [1.165, 1.54) is 22.4 Å². The molecule has 0 saturated heterocycles. The third-order valence-corrected chi connectivity index (χ3v) is 4.80.